The van der Waals surface area contributed by atoms with E-state index in [9.17, 15) is 0 Å². The van der Waals surface area contributed by atoms with Gasteiger partial charge < -0.3 is 10.4 Å². The van der Waals surface area contributed by atoms with Gasteiger partial charge in [-0.15, -0.1) is 0 Å². The van der Waals surface area contributed by atoms with Gasteiger partial charge in [0, 0.05) is 12.2 Å². The van der Waals surface area contributed by atoms with Crippen LogP contribution in [0.4, 0.5) is 0 Å². The number of rotatable bonds is 6. The SMILES string of the molecule is OCCNCC[C@@H]1CCCc2c1cnn2-c1ccccc1. The summed E-state index contributed by atoms with van der Waals surface area (Å²) in [6.45, 7) is 1.85. The topological polar surface area (TPSA) is 50.1 Å². The van der Waals surface area contributed by atoms with Crippen molar-refractivity contribution in [2.45, 2.75) is 31.6 Å². The molecule has 1 aromatic heterocycles. The molecule has 0 unspecified atom stereocenters. The zero-order valence-electron chi connectivity index (χ0n) is 12.3. The van der Waals surface area contributed by atoms with Crippen LogP contribution in [0.5, 0.6) is 0 Å². The molecule has 112 valence electrons. The Morgan fingerprint density at radius 2 is 2.10 bits per heavy atom. The minimum Gasteiger partial charge on any atom is -0.395 e. The maximum absolute atomic E-state index is 8.81. The molecule has 1 aliphatic carbocycles. The molecule has 0 saturated heterocycles. The Balaban J connectivity index is 1.76. The minimum absolute atomic E-state index is 0.210. The van der Waals surface area contributed by atoms with Crippen LogP contribution in [-0.4, -0.2) is 34.6 Å². The van der Waals surface area contributed by atoms with Crippen molar-refractivity contribution in [1.82, 2.24) is 15.1 Å². The first kappa shape index (κ1) is 14.3. The number of nitrogens with one attached hydrogen (secondary N) is 1. The molecule has 4 heteroatoms. The van der Waals surface area contributed by atoms with E-state index in [0.717, 1.165) is 25.1 Å². The summed E-state index contributed by atoms with van der Waals surface area (Å²) < 4.78 is 2.10. The average molecular weight is 285 g/mol. The molecule has 0 aliphatic heterocycles. The van der Waals surface area contributed by atoms with Crippen LogP contribution >= 0.6 is 0 Å². The van der Waals surface area contributed by atoms with E-state index in [-0.39, 0.29) is 6.61 Å². The van der Waals surface area contributed by atoms with Crippen molar-refractivity contribution in [3.63, 3.8) is 0 Å². The lowest BCUT2D eigenvalue weighted by atomic mass is 9.85. The molecule has 0 bridgehead atoms. The average Bonchev–Trinajstić information content (AvgIpc) is 2.97. The summed E-state index contributed by atoms with van der Waals surface area (Å²) in [5.74, 6) is 0.595. The summed E-state index contributed by atoms with van der Waals surface area (Å²) in [5, 5.41) is 16.7. The second-order valence-electron chi connectivity index (χ2n) is 5.65. The first-order chi connectivity index (χ1) is 10.4. The van der Waals surface area contributed by atoms with Crippen LogP contribution in [0.2, 0.25) is 0 Å². The summed E-state index contributed by atoms with van der Waals surface area (Å²) in [6.07, 6.45) is 6.76. The minimum atomic E-state index is 0.210. The Morgan fingerprint density at radius 3 is 2.90 bits per heavy atom. The third kappa shape index (κ3) is 3.17. The number of fused-ring (bicyclic) bond motifs is 1. The Kier molecular flexibility index (Phi) is 4.68. The number of para-hydroxylation sites is 1. The summed E-state index contributed by atoms with van der Waals surface area (Å²) in [4.78, 5) is 0. The van der Waals surface area contributed by atoms with Gasteiger partial charge >= 0.3 is 0 Å². The second kappa shape index (κ2) is 6.87. The van der Waals surface area contributed by atoms with E-state index in [0.29, 0.717) is 12.5 Å². The molecule has 0 amide bonds. The fourth-order valence-electron chi connectivity index (χ4n) is 3.22. The van der Waals surface area contributed by atoms with Crippen LogP contribution < -0.4 is 5.32 Å². The molecule has 3 rings (SSSR count). The summed E-state index contributed by atoms with van der Waals surface area (Å²) in [5.41, 5.74) is 3.94. The highest BCUT2D eigenvalue weighted by Crippen LogP contribution is 2.34. The van der Waals surface area contributed by atoms with Crippen molar-refractivity contribution in [2.75, 3.05) is 19.7 Å². The zero-order valence-corrected chi connectivity index (χ0v) is 12.3. The number of aliphatic hydroxyl groups is 1. The molecule has 0 fully saturated rings. The molecular formula is C17H23N3O. The molecule has 4 nitrogen and oxygen atoms in total. The molecule has 1 heterocycles. The third-order valence-corrected chi connectivity index (χ3v) is 4.27. The molecular weight excluding hydrogens is 262 g/mol. The molecule has 1 atom stereocenters. The van der Waals surface area contributed by atoms with Gasteiger partial charge in [0.15, 0.2) is 0 Å². The number of benzene rings is 1. The molecule has 1 aromatic carbocycles. The molecule has 1 aliphatic rings. The van der Waals surface area contributed by atoms with E-state index in [1.54, 1.807) is 0 Å². The van der Waals surface area contributed by atoms with Gasteiger partial charge in [0.2, 0.25) is 0 Å². The van der Waals surface area contributed by atoms with Crippen molar-refractivity contribution in [1.29, 1.82) is 0 Å². The second-order valence-corrected chi connectivity index (χ2v) is 5.65. The number of hydrogen-bond acceptors (Lipinski definition) is 3. The van der Waals surface area contributed by atoms with E-state index in [1.165, 1.54) is 24.1 Å². The Hall–Kier alpha value is -1.65. The van der Waals surface area contributed by atoms with Crippen molar-refractivity contribution < 1.29 is 5.11 Å². The number of hydrogen-bond donors (Lipinski definition) is 2. The van der Waals surface area contributed by atoms with Gasteiger partial charge in [-0.25, -0.2) is 4.68 Å². The fourth-order valence-corrected chi connectivity index (χ4v) is 3.22. The van der Waals surface area contributed by atoms with E-state index in [1.807, 2.05) is 6.07 Å². The van der Waals surface area contributed by atoms with Crippen molar-refractivity contribution in [3.05, 3.63) is 47.8 Å². The molecule has 2 aromatic rings. The summed E-state index contributed by atoms with van der Waals surface area (Å²) in [7, 11) is 0. The van der Waals surface area contributed by atoms with Crippen LogP contribution in [-0.2, 0) is 6.42 Å². The van der Waals surface area contributed by atoms with Gasteiger partial charge in [0.1, 0.15) is 0 Å². The predicted molar refractivity (Wildman–Crippen MR) is 83.8 cm³/mol. The van der Waals surface area contributed by atoms with Crippen LogP contribution in [0.15, 0.2) is 36.5 Å². The number of aromatic nitrogens is 2. The molecule has 0 spiro atoms. The van der Waals surface area contributed by atoms with Gasteiger partial charge in [-0.1, -0.05) is 18.2 Å². The maximum atomic E-state index is 8.81. The van der Waals surface area contributed by atoms with E-state index >= 15 is 0 Å². The normalized spacial score (nSPS) is 17.7. The highest BCUT2D eigenvalue weighted by atomic mass is 16.3. The predicted octanol–water partition coefficient (Wildman–Crippen LogP) is 2.26. The van der Waals surface area contributed by atoms with Gasteiger partial charge in [0.05, 0.1) is 18.5 Å². The Bertz CT molecular complexity index is 565. The van der Waals surface area contributed by atoms with Crippen molar-refractivity contribution >= 4 is 0 Å². The van der Waals surface area contributed by atoms with Crippen LogP contribution in [0.25, 0.3) is 5.69 Å². The summed E-state index contributed by atoms with van der Waals surface area (Å²) >= 11 is 0. The highest BCUT2D eigenvalue weighted by Gasteiger charge is 2.24. The summed E-state index contributed by atoms with van der Waals surface area (Å²) in [6, 6.07) is 10.4. The first-order valence-corrected chi connectivity index (χ1v) is 7.84. The monoisotopic (exact) mass is 285 g/mol. The van der Waals surface area contributed by atoms with E-state index in [4.69, 9.17) is 5.11 Å². The van der Waals surface area contributed by atoms with Crippen LogP contribution in [0, 0.1) is 0 Å². The standard InChI is InChI=1S/C17H23N3O/c21-12-11-18-10-9-14-5-4-8-17-16(14)13-19-20(17)15-6-2-1-3-7-15/h1-3,6-7,13-14,18,21H,4-5,8-12H2/t14-/m0/s1. The Morgan fingerprint density at radius 1 is 1.24 bits per heavy atom. The Labute approximate surface area is 125 Å². The van der Waals surface area contributed by atoms with E-state index < -0.39 is 0 Å². The molecule has 2 N–H and O–H groups in total. The highest BCUT2D eigenvalue weighted by molar-refractivity contribution is 5.37. The number of aliphatic hydroxyl groups excluding tert-OH is 1. The fraction of sp³-hybridized carbons (Fsp3) is 0.471. The lowest BCUT2D eigenvalue weighted by molar-refractivity contribution is 0.291. The van der Waals surface area contributed by atoms with Gasteiger partial charge in [-0.05, 0) is 55.8 Å². The van der Waals surface area contributed by atoms with Gasteiger partial charge in [-0.3, -0.25) is 0 Å². The first-order valence-electron chi connectivity index (χ1n) is 7.84. The quantitative estimate of drug-likeness (QED) is 0.801. The number of nitrogens with zero attached hydrogens (tertiary/aromatic N) is 2. The van der Waals surface area contributed by atoms with Crippen molar-refractivity contribution in [3.8, 4) is 5.69 Å². The zero-order chi connectivity index (χ0) is 14.5. The lowest BCUT2D eigenvalue weighted by Gasteiger charge is -2.23. The molecule has 21 heavy (non-hydrogen) atoms. The molecule has 0 saturated carbocycles. The molecule has 0 radical (unpaired) electrons. The van der Waals surface area contributed by atoms with Crippen LogP contribution in [0.1, 0.15) is 36.4 Å². The maximum Gasteiger partial charge on any atom is 0.0648 e. The van der Waals surface area contributed by atoms with Gasteiger partial charge in [0.25, 0.3) is 0 Å². The van der Waals surface area contributed by atoms with Crippen molar-refractivity contribution in [2.24, 2.45) is 0 Å². The largest absolute Gasteiger partial charge is 0.395 e. The smallest absolute Gasteiger partial charge is 0.0648 e. The van der Waals surface area contributed by atoms with Crippen LogP contribution in [0.3, 0.4) is 0 Å². The van der Waals surface area contributed by atoms with E-state index in [2.05, 4.69) is 45.6 Å². The van der Waals surface area contributed by atoms with Gasteiger partial charge in [-0.2, -0.15) is 5.10 Å². The third-order valence-electron chi connectivity index (χ3n) is 4.27. The lowest BCUT2D eigenvalue weighted by Crippen LogP contribution is -2.22.